The van der Waals surface area contributed by atoms with Crippen molar-refractivity contribution in [3.63, 3.8) is 0 Å². The van der Waals surface area contributed by atoms with Crippen LogP contribution >= 0.6 is 11.6 Å². The van der Waals surface area contributed by atoms with Gasteiger partial charge < -0.3 is 0 Å². The highest BCUT2D eigenvalue weighted by Crippen LogP contribution is 2.55. The van der Waals surface area contributed by atoms with E-state index in [1.165, 1.54) is 6.07 Å². The predicted octanol–water partition coefficient (Wildman–Crippen LogP) is 2.62. The number of hydrogen-bond donors (Lipinski definition) is 1. The Morgan fingerprint density at radius 3 is 2.42 bits per heavy atom. The second kappa shape index (κ2) is 4.20. The lowest BCUT2D eigenvalue weighted by Gasteiger charge is -2.16. The molecule has 1 atom stereocenters. The van der Waals surface area contributed by atoms with Gasteiger partial charge in [0.05, 0.1) is 11.1 Å². The number of nitrogens with one attached hydrogen (secondary N) is 1. The molecule has 0 heterocycles. The van der Waals surface area contributed by atoms with E-state index in [-0.39, 0.29) is 15.3 Å². The zero-order chi connectivity index (χ0) is 14.5. The Morgan fingerprint density at radius 2 is 2.00 bits per heavy atom. The average molecular weight is 299 g/mol. The van der Waals surface area contributed by atoms with Gasteiger partial charge in [-0.15, -0.1) is 0 Å². The Labute approximate surface area is 118 Å². The monoisotopic (exact) mass is 298 g/mol. The molecule has 0 radical (unpaired) electrons. The summed E-state index contributed by atoms with van der Waals surface area (Å²) in [6, 6.07) is 6.97. The van der Waals surface area contributed by atoms with Gasteiger partial charge in [-0.1, -0.05) is 37.6 Å². The number of nitriles is 1. The van der Waals surface area contributed by atoms with E-state index >= 15 is 0 Å². The number of sulfonamides is 1. The molecule has 19 heavy (non-hydrogen) atoms. The SMILES string of the molecule is Cc1cccc(Cl)c1S(=O)(=O)NC1(C#N)CC1(C)C. The van der Waals surface area contributed by atoms with E-state index in [0.717, 1.165) is 0 Å². The van der Waals surface area contributed by atoms with Crippen molar-refractivity contribution < 1.29 is 8.42 Å². The molecule has 1 aliphatic rings. The van der Waals surface area contributed by atoms with Crippen molar-refractivity contribution in [2.75, 3.05) is 0 Å². The van der Waals surface area contributed by atoms with Crippen LogP contribution in [0.2, 0.25) is 5.02 Å². The van der Waals surface area contributed by atoms with E-state index in [1.54, 1.807) is 19.1 Å². The molecule has 1 aromatic carbocycles. The standard InChI is InChI=1S/C13H15ClN2O2S/c1-9-5-4-6-10(14)11(9)19(17,18)16-13(8-15)7-12(13,2)3/h4-6,16H,7H2,1-3H3. The third-order valence-corrected chi connectivity index (χ3v) is 5.79. The van der Waals surface area contributed by atoms with E-state index < -0.39 is 15.6 Å². The quantitative estimate of drug-likeness (QED) is 0.932. The maximum Gasteiger partial charge on any atom is 0.243 e. The van der Waals surface area contributed by atoms with Crippen LogP contribution in [0.5, 0.6) is 0 Å². The fraction of sp³-hybridized carbons (Fsp3) is 0.462. The molecular formula is C13H15ClN2O2S. The maximum absolute atomic E-state index is 12.4. The second-order valence-corrected chi connectivity index (χ2v) is 7.60. The first-order valence-electron chi connectivity index (χ1n) is 5.86. The summed E-state index contributed by atoms with van der Waals surface area (Å²) in [4.78, 5) is 0.0500. The van der Waals surface area contributed by atoms with Crippen LogP contribution < -0.4 is 4.72 Å². The van der Waals surface area contributed by atoms with E-state index in [1.807, 2.05) is 13.8 Å². The van der Waals surface area contributed by atoms with Gasteiger partial charge in [0.25, 0.3) is 0 Å². The first-order valence-corrected chi connectivity index (χ1v) is 7.72. The van der Waals surface area contributed by atoms with Crippen molar-refractivity contribution in [1.82, 2.24) is 4.72 Å². The number of aryl methyl sites for hydroxylation is 1. The fourth-order valence-electron chi connectivity index (χ4n) is 2.24. The van der Waals surface area contributed by atoms with Gasteiger partial charge in [0.2, 0.25) is 10.0 Å². The summed E-state index contributed by atoms with van der Waals surface area (Å²) in [5.74, 6) is 0. The molecule has 0 spiro atoms. The number of hydrogen-bond acceptors (Lipinski definition) is 3. The highest BCUT2D eigenvalue weighted by Gasteiger charge is 2.64. The maximum atomic E-state index is 12.4. The lowest BCUT2D eigenvalue weighted by Crippen LogP contribution is -2.39. The Bertz CT molecular complexity index is 656. The molecule has 1 N–H and O–H groups in total. The van der Waals surface area contributed by atoms with Crippen molar-refractivity contribution in [1.29, 1.82) is 5.26 Å². The molecule has 1 aliphatic carbocycles. The topological polar surface area (TPSA) is 70.0 Å². The zero-order valence-electron chi connectivity index (χ0n) is 11.0. The third-order valence-electron chi connectivity index (χ3n) is 3.67. The normalized spacial score (nSPS) is 24.8. The third kappa shape index (κ3) is 2.25. The van der Waals surface area contributed by atoms with Gasteiger partial charge in [-0.25, -0.2) is 8.42 Å². The molecular weight excluding hydrogens is 284 g/mol. The summed E-state index contributed by atoms with van der Waals surface area (Å²) in [7, 11) is -3.80. The van der Waals surface area contributed by atoms with Gasteiger partial charge >= 0.3 is 0 Å². The molecule has 1 aromatic rings. The molecule has 0 aliphatic heterocycles. The van der Waals surface area contributed by atoms with Gasteiger partial charge in [0.15, 0.2) is 0 Å². The largest absolute Gasteiger partial charge is 0.243 e. The number of rotatable bonds is 3. The van der Waals surface area contributed by atoms with Gasteiger partial charge in [-0.2, -0.15) is 9.98 Å². The Hall–Kier alpha value is -1.09. The number of halogens is 1. The van der Waals surface area contributed by atoms with Gasteiger partial charge in [-0.3, -0.25) is 0 Å². The van der Waals surface area contributed by atoms with Crippen LogP contribution in [0.3, 0.4) is 0 Å². The second-order valence-electron chi connectivity index (χ2n) is 5.57. The minimum absolute atomic E-state index is 0.0500. The van der Waals surface area contributed by atoms with Crippen LogP contribution in [-0.4, -0.2) is 14.0 Å². The van der Waals surface area contributed by atoms with Crippen LogP contribution in [-0.2, 0) is 10.0 Å². The summed E-state index contributed by atoms with van der Waals surface area (Å²) in [6.07, 6.45) is 0.499. The van der Waals surface area contributed by atoms with Crippen LogP contribution in [0.4, 0.5) is 0 Å². The zero-order valence-corrected chi connectivity index (χ0v) is 12.6. The van der Waals surface area contributed by atoms with E-state index in [2.05, 4.69) is 10.8 Å². The molecule has 4 nitrogen and oxygen atoms in total. The highest BCUT2D eigenvalue weighted by molar-refractivity contribution is 7.89. The number of nitrogens with zero attached hydrogens (tertiary/aromatic N) is 1. The van der Waals surface area contributed by atoms with Gasteiger partial charge in [-0.05, 0) is 25.0 Å². The van der Waals surface area contributed by atoms with E-state index in [0.29, 0.717) is 12.0 Å². The highest BCUT2D eigenvalue weighted by atomic mass is 35.5. The molecule has 0 amide bonds. The minimum atomic E-state index is -3.80. The summed E-state index contributed by atoms with van der Waals surface area (Å²) in [5.41, 5.74) is -0.826. The van der Waals surface area contributed by atoms with Gasteiger partial charge in [0.1, 0.15) is 10.4 Å². The lowest BCUT2D eigenvalue weighted by molar-refractivity contribution is 0.513. The first kappa shape index (κ1) is 14.3. The summed E-state index contributed by atoms with van der Waals surface area (Å²) >= 11 is 5.98. The Morgan fingerprint density at radius 1 is 1.42 bits per heavy atom. The van der Waals surface area contributed by atoms with Crippen molar-refractivity contribution in [2.45, 2.75) is 37.6 Å². The Kier molecular flexibility index (Phi) is 3.17. The predicted molar refractivity (Wildman–Crippen MR) is 73.3 cm³/mol. The molecule has 102 valence electrons. The van der Waals surface area contributed by atoms with E-state index in [9.17, 15) is 13.7 Å². The Balaban J connectivity index is 2.44. The summed E-state index contributed by atoms with van der Waals surface area (Å²) in [6.45, 7) is 5.40. The molecule has 0 bridgehead atoms. The molecule has 1 unspecified atom stereocenters. The molecule has 0 saturated heterocycles. The van der Waals surface area contributed by atoms with Crippen molar-refractivity contribution >= 4 is 21.6 Å². The first-order chi connectivity index (χ1) is 8.65. The molecule has 0 aromatic heterocycles. The van der Waals surface area contributed by atoms with Crippen molar-refractivity contribution in [3.8, 4) is 6.07 Å². The minimum Gasteiger partial charge on any atom is -0.207 e. The molecule has 1 saturated carbocycles. The van der Waals surface area contributed by atoms with Crippen LogP contribution in [0.1, 0.15) is 25.8 Å². The van der Waals surface area contributed by atoms with Crippen LogP contribution in [0.15, 0.2) is 23.1 Å². The molecule has 2 rings (SSSR count). The van der Waals surface area contributed by atoms with Crippen LogP contribution in [0, 0.1) is 23.7 Å². The van der Waals surface area contributed by atoms with Crippen LogP contribution in [0.25, 0.3) is 0 Å². The van der Waals surface area contributed by atoms with Crippen molar-refractivity contribution in [2.24, 2.45) is 5.41 Å². The molecule has 6 heteroatoms. The smallest absolute Gasteiger partial charge is 0.207 e. The summed E-state index contributed by atoms with van der Waals surface area (Å²) < 4.78 is 27.4. The average Bonchev–Trinajstić information content (AvgIpc) is 2.79. The molecule has 1 fully saturated rings. The fourth-order valence-corrected chi connectivity index (χ4v) is 4.54. The van der Waals surface area contributed by atoms with Crippen molar-refractivity contribution in [3.05, 3.63) is 28.8 Å². The number of benzene rings is 1. The van der Waals surface area contributed by atoms with E-state index in [4.69, 9.17) is 11.6 Å². The lowest BCUT2D eigenvalue weighted by atomic mass is 10.1. The summed E-state index contributed by atoms with van der Waals surface area (Å²) in [5, 5.41) is 9.40. The van der Waals surface area contributed by atoms with Gasteiger partial charge in [0, 0.05) is 5.41 Å².